The standard InChI is InChI=1S/C19H14Cl2N4S/c1-2-13-9-14-18(23-16-8-12(20)5-6-15(16)21)24-17(25-19(14)26-13)11-4-3-7-22-10-11/h3-10H,2H2,1H3,(H,23,24,25). The van der Waals surface area contributed by atoms with Crippen LogP contribution < -0.4 is 5.32 Å². The molecule has 0 amide bonds. The molecule has 0 saturated carbocycles. The van der Waals surface area contributed by atoms with Crippen LogP contribution >= 0.6 is 34.5 Å². The molecule has 0 unspecified atom stereocenters. The molecule has 3 heterocycles. The van der Waals surface area contributed by atoms with Gasteiger partial charge in [-0.25, -0.2) is 9.97 Å². The number of benzene rings is 1. The number of halogens is 2. The van der Waals surface area contributed by atoms with Crippen LogP contribution in [0.1, 0.15) is 11.8 Å². The SMILES string of the molecule is CCc1cc2c(Nc3cc(Cl)ccc3Cl)nc(-c3cccnc3)nc2s1. The van der Waals surface area contributed by atoms with Crippen molar-refractivity contribution in [3.8, 4) is 11.4 Å². The molecule has 0 atom stereocenters. The fourth-order valence-electron chi connectivity index (χ4n) is 2.59. The number of nitrogens with zero attached hydrogens (tertiary/aromatic N) is 3. The smallest absolute Gasteiger partial charge is 0.164 e. The number of fused-ring (bicyclic) bond motifs is 1. The molecule has 0 saturated heterocycles. The highest BCUT2D eigenvalue weighted by atomic mass is 35.5. The lowest BCUT2D eigenvalue weighted by molar-refractivity contribution is 1.19. The highest BCUT2D eigenvalue weighted by Gasteiger charge is 2.14. The Kier molecular flexibility index (Phi) is 4.76. The monoisotopic (exact) mass is 400 g/mol. The summed E-state index contributed by atoms with van der Waals surface area (Å²) in [5.41, 5.74) is 1.57. The number of hydrogen-bond donors (Lipinski definition) is 1. The van der Waals surface area contributed by atoms with E-state index in [2.05, 4.69) is 23.3 Å². The number of thiophene rings is 1. The molecule has 130 valence electrons. The second-order valence-electron chi connectivity index (χ2n) is 5.67. The third-order valence-corrected chi connectivity index (χ3v) is 5.63. The van der Waals surface area contributed by atoms with Gasteiger partial charge in [0.2, 0.25) is 0 Å². The Balaban J connectivity index is 1.88. The van der Waals surface area contributed by atoms with Crippen molar-refractivity contribution >= 4 is 56.3 Å². The van der Waals surface area contributed by atoms with Crippen LogP contribution in [0.4, 0.5) is 11.5 Å². The Morgan fingerprint density at radius 2 is 2.00 bits per heavy atom. The molecule has 0 spiro atoms. The van der Waals surface area contributed by atoms with Crippen LogP contribution in [0, 0.1) is 0 Å². The Morgan fingerprint density at radius 3 is 2.77 bits per heavy atom. The van der Waals surface area contributed by atoms with Crippen molar-refractivity contribution in [2.45, 2.75) is 13.3 Å². The maximum atomic E-state index is 6.31. The average molecular weight is 401 g/mol. The molecular weight excluding hydrogens is 387 g/mol. The second-order valence-corrected chi connectivity index (χ2v) is 7.63. The summed E-state index contributed by atoms with van der Waals surface area (Å²) in [5.74, 6) is 1.32. The van der Waals surface area contributed by atoms with E-state index >= 15 is 0 Å². The summed E-state index contributed by atoms with van der Waals surface area (Å²) in [4.78, 5) is 15.8. The van der Waals surface area contributed by atoms with Gasteiger partial charge < -0.3 is 5.32 Å². The molecule has 0 aliphatic rings. The third-order valence-electron chi connectivity index (χ3n) is 3.89. The Bertz CT molecular complexity index is 1080. The van der Waals surface area contributed by atoms with Crippen molar-refractivity contribution < 1.29 is 0 Å². The van der Waals surface area contributed by atoms with Gasteiger partial charge in [0.25, 0.3) is 0 Å². The van der Waals surface area contributed by atoms with Crippen molar-refractivity contribution in [2.75, 3.05) is 5.32 Å². The lowest BCUT2D eigenvalue weighted by Gasteiger charge is -2.10. The van der Waals surface area contributed by atoms with E-state index in [1.807, 2.05) is 12.1 Å². The molecule has 1 aromatic carbocycles. The van der Waals surface area contributed by atoms with Crippen molar-refractivity contribution in [1.82, 2.24) is 15.0 Å². The lowest BCUT2D eigenvalue weighted by Crippen LogP contribution is -1.98. The van der Waals surface area contributed by atoms with Gasteiger partial charge in [-0.1, -0.05) is 30.1 Å². The first-order valence-corrected chi connectivity index (χ1v) is 9.64. The van der Waals surface area contributed by atoms with Gasteiger partial charge in [0.1, 0.15) is 10.6 Å². The average Bonchev–Trinajstić information content (AvgIpc) is 3.09. The molecule has 0 aliphatic carbocycles. The molecule has 3 aromatic heterocycles. The van der Waals surface area contributed by atoms with Gasteiger partial charge in [-0.15, -0.1) is 11.3 Å². The van der Waals surface area contributed by atoms with Gasteiger partial charge in [0.15, 0.2) is 5.82 Å². The Morgan fingerprint density at radius 1 is 1.12 bits per heavy atom. The molecule has 0 fully saturated rings. The van der Waals surface area contributed by atoms with E-state index in [1.54, 1.807) is 41.9 Å². The largest absolute Gasteiger partial charge is 0.338 e. The molecule has 7 heteroatoms. The summed E-state index contributed by atoms with van der Waals surface area (Å²) < 4.78 is 0. The normalized spacial score (nSPS) is 11.0. The highest BCUT2D eigenvalue weighted by Crippen LogP contribution is 2.35. The van der Waals surface area contributed by atoms with Crippen LogP contribution in [0.3, 0.4) is 0 Å². The minimum atomic E-state index is 0.579. The second kappa shape index (κ2) is 7.19. The summed E-state index contributed by atoms with van der Waals surface area (Å²) in [6.07, 6.45) is 4.43. The summed E-state index contributed by atoms with van der Waals surface area (Å²) in [6, 6.07) is 11.2. The van der Waals surface area contributed by atoms with Crippen LogP contribution in [0.15, 0.2) is 48.8 Å². The predicted molar refractivity (Wildman–Crippen MR) is 110 cm³/mol. The van der Waals surface area contributed by atoms with E-state index in [9.17, 15) is 0 Å². The summed E-state index contributed by atoms with van der Waals surface area (Å²) >= 11 is 14.1. The Labute approximate surface area is 164 Å². The van der Waals surface area contributed by atoms with Gasteiger partial charge in [0, 0.05) is 27.9 Å². The fraction of sp³-hybridized carbons (Fsp3) is 0.105. The maximum Gasteiger partial charge on any atom is 0.164 e. The zero-order valence-corrected chi connectivity index (χ0v) is 16.2. The van der Waals surface area contributed by atoms with Gasteiger partial charge in [-0.2, -0.15) is 0 Å². The van der Waals surface area contributed by atoms with Crippen LogP contribution in [-0.4, -0.2) is 15.0 Å². The highest BCUT2D eigenvalue weighted by molar-refractivity contribution is 7.18. The van der Waals surface area contributed by atoms with E-state index in [-0.39, 0.29) is 0 Å². The summed E-state index contributed by atoms with van der Waals surface area (Å²) in [7, 11) is 0. The fourth-order valence-corrected chi connectivity index (χ4v) is 3.89. The van der Waals surface area contributed by atoms with Gasteiger partial charge in [0.05, 0.1) is 16.1 Å². The first-order chi connectivity index (χ1) is 12.6. The maximum absolute atomic E-state index is 6.31. The topological polar surface area (TPSA) is 50.7 Å². The first kappa shape index (κ1) is 17.2. The van der Waals surface area contributed by atoms with Crippen molar-refractivity contribution in [2.24, 2.45) is 0 Å². The van der Waals surface area contributed by atoms with Gasteiger partial charge in [-0.05, 0) is 42.8 Å². The molecule has 0 aliphatic heterocycles. The zero-order chi connectivity index (χ0) is 18.1. The lowest BCUT2D eigenvalue weighted by atomic mass is 10.2. The van der Waals surface area contributed by atoms with Crippen molar-refractivity contribution in [1.29, 1.82) is 0 Å². The molecule has 0 bridgehead atoms. The molecule has 4 aromatic rings. The summed E-state index contributed by atoms with van der Waals surface area (Å²) in [6.45, 7) is 2.13. The van der Waals surface area contributed by atoms with Gasteiger partial charge in [-0.3, -0.25) is 4.98 Å². The minimum Gasteiger partial charge on any atom is -0.338 e. The van der Waals surface area contributed by atoms with E-state index in [0.717, 1.165) is 22.2 Å². The molecule has 4 nitrogen and oxygen atoms in total. The van der Waals surface area contributed by atoms with Crippen molar-refractivity contribution in [3.05, 3.63) is 63.7 Å². The van der Waals surface area contributed by atoms with Crippen LogP contribution in [0.2, 0.25) is 10.0 Å². The zero-order valence-electron chi connectivity index (χ0n) is 13.8. The minimum absolute atomic E-state index is 0.579. The number of rotatable bonds is 4. The number of pyridine rings is 1. The number of anilines is 2. The quantitative estimate of drug-likeness (QED) is 0.432. The van der Waals surface area contributed by atoms with Crippen LogP contribution in [-0.2, 0) is 6.42 Å². The van der Waals surface area contributed by atoms with Crippen molar-refractivity contribution in [3.63, 3.8) is 0 Å². The summed E-state index contributed by atoms with van der Waals surface area (Å²) in [5, 5.41) is 5.47. The molecule has 0 radical (unpaired) electrons. The number of nitrogens with one attached hydrogen (secondary N) is 1. The third kappa shape index (κ3) is 3.38. The number of aryl methyl sites for hydroxylation is 1. The first-order valence-electron chi connectivity index (χ1n) is 8.07. The number of aromatic nitrogens is 3. The molecule has 4 rings (SSSR count). The van der Waals surface area contributed by atoms with E-state index in [1.165, 1.54) is 4.88 Å². The van der Waals surface area contributed by atoms with E-state index in [0.29, 0.717) is 27.4 Å². The molecule has 26 heavy (non-hydrogen) atoms. The van der Waals surface area contributed by atoms with Crippen LogP contribution in [0.5, 0.6) is 0 Å². The molecule has 1 N–H and O–H groups in total. The van der Waals surface area contributed by atoms with Crippen LogP contribution in [0.25, 0.3) is 21.6 Å². The number of hydrogen-bond acceptors (Lipinski definition) is 5. The predicted octanol–water partition coefficient (Wildman–Crippen LogP) is 6.37. The Hall–Kier alpha value is -2.21. The molecular formula is C19H14Cl2N4S. The van der Waals surface area contributed by atoms with E-state index in [4.69, 9.17) is 33.2 Å². The van der Waals surface area contributed by atoms with E-state index < -0.39 is 0 Å². The van der Waals surface area contributed by atoms with Gasteiger partial charge >= 0.3 is 0 Å².